The highest BCUT2D eigenvalue weighted by Crippen LogP contribution is 2.48. The van der Waals surface area contributed by atoms with Gasteiger partial charge >= 0.3 is 0 Å². The maximum Gasteiger partial charge on any atom is 0.0507 e. The molecule has 116 valence electrons. The van der Waals surface area contributed by atoms with E-state index < -0.39 is 0 Å². The van der Waals surface area contributed by atoms with Crippen LogP contribution in [0.3, 0.4) is 0 Å². The Bertz CT molecular complexity index is 701. The van der Waals surface area contributed by atoms with E-state index in [-0.39, 0.29) is 0 Å². The second-order valence-electron chi connectivity index (χ2n) is 7.87. The highest BCUT2D eigenvalue weighted by molar-refractivity contribution is 5.85. The quantitative estimate of drug-likeness (QED) is 0.748. The number of hydrogen-bond acceptors (Lipinski definition) is 1. The van der Waals surface area contributed by atoms with Crippen molar-refractivity contribution in [2.24, 2.45) is 11.8 Å². The molecule has 1 saturated heterocycles. The Kier molecular flexibility index (Phi) is 2.91. The summed E-state index contributed by atoms with van der Waals surface area (Å²) in [6.45, 7) is 3.78. The molecule has 0 bridgehead atoms. The molecule has 1 aliphatic carbocycles. The molecular weight excluding hydrogens is 268 g/mol. The minimum absolute atomic E-state index is 0.644. The van der Waals surface area contributed by atoms with Gasteiger partial charge in [0.2, 0.25) is 0 Å². The topological polar surface area (TPSA) is 19.0 Å². The zero-order valence-corrected chi connectivity index (χ0v) is 13.5. The van der Waals surface area contributed by atoms with Gasteiger partial charge in [-0.25, -0.2) is 0 Å². The molecule has 5 rings (SSSR count). The molecule has 1 aromatic carbocycles. The molecule has 2 nitrogen and oxygen atoms in total. The second kappa shape index (κ2) is 4.86. The molecule has 0 unspecified atom stereocenters. The summed E-state index contributed by atoms with van der Waals surface area (Å²) >= 11 is 0. The van der Waals surface area contributed by atoms with Crippen LogP contribution >= 0.6 is 0 Å². The van der Waals surface area contributed by atoms with E-state index in [2.05, 4.69) is 41.1 Å². The molecule has 2 aromatic rings. The Labute approximate surface area is 132 Å². The Morgan fingerprint density at radius 2 is 1.91 bits per heavy atom. The zero-order valence-electron chi connectivity index (χ0n) is 13.5. The molecule has 1 aromatic heterocycles. The van der Waals surface area contributed by atoms with Crippen molar-refractivity contribution in [1.29, 1.82) is 0 Å². The minimum atomic E-state index is 0.644. The molecule has 3 aliphatic rings. The van der Waals surface area contributed by atoms with Crippen LogP contribution in [0.4, 0.5) is 0 Å². The van der Waals surface area contributed by atoms with E-state index in [1.807, 2.05) is 0 Å². The predicted octanol–water partition coefficient (Wildman–Crippen LogP) is 4.67. The van der Waals surface area contributed by atoms with Crippen LogP contribution in [-0.2, 0) is 6.42 Å². The normalized spacial score (nSPS) is 35.0. The number of aromatic nitrogens is 1. The monoisotopic (exact) mass is 294 g/mol. The first-order chi connectivity index (χ1) is 10.8. The molecule has 2 aliphatic heterocycles. The van der Waals surface area contributed by atoms with Gasteiger partial charge in [0.05, 0.1) is 6.04 Å². The van der Waals surface area contributed by atoms with Gasteiger partial charge in [0.1, 0.15) is 0 Å². The Balaban J connectivity index is 1.59. The van der Waals surface area contributed by atoms with Crippen molar-refractivity contribution in [3.8, 4) is 0 Å². The third-order valence-corrected chi connectivity index (χ3v) is 6.68. The van der Waals surface area contributed by atoms with Crippen LogP contribution in [0, 0.1) is 11.8 Å². The van der Waals surface area contributed by atoms with Gasteiger partial charge in [0.25, 0.3) is 0 Å². The summed E-state index contributed by atoms with van der Waals surface area (Å²) in [6.07, 6.45) is 8.47. The van der Waals surface area contributed by atoms with Gasteiger partial charge in [-0.05, 0) is 49.7 Å². The first-order valence-electron chi connectivity index (χ1n) is 9.16. The van der Waals surface area contributed by atoms with Crippen molar-refractivity contribution in [3.63, 3.8) is 0 Å². The standard InChI is InChI=1S/C20H26N2/c1-13-10-17-16-8-4-5-9-18(16)21-20(17)19-11-14-6-2-3-7-15(14)12-22(13)19/h4-5,8-9,13-15,19,21H,2-3,6-7,10-12H2,1H3/t13-,14-,15+,19-/m1/s1. The number of nitrogens with one attached hydrogen (secondary N) is 1. The summed E-state index contributed by atoms with van der Waals surface area (Å²) in [5.41, 5.74) is 4.49. The fraction of sp³-hybridized carbons (Fsp3) is 0.600. The summed E-state index contributed by atoms with van der Waals surface area (Å²) in [5.74, 6) is 1.94. The average Bonchev–Trinajstić information content (AvgIpc) is 2.93. The number of aromatic amines is 1. The number of fused-ring (bicyclic) bond motifs is 6. The number of para-hydroxylation sites is 1. The van der Waals surface area contributed by atoms with E-state index >= 15 is 0 Å². The number of benzene rings is 1. The lowest BCUT2D eigenvalue weighted by Gasteiger charge is -2.50. The van der Waals surface area contributed by atoms with E-state index in [0.29, 0.717) is 12.1 Å². The van der Waals surface area contributed by atoms with Crippen molar-refractivity contribution in [2.45, 2.75) is 57.5 Å². The van der Waals surface area contributed by atoms with Crippen LogP contribution in [0.5, 0.6) is 0 Å². The number of piperidine rings is 1. The van der Waals surface area contributed by atoms with E-state index in [0.717, 1.165) is 11.8 Å². The summed E-state index contributed by atoms with van der Waals surface area (Å²) in [7, 11) is 0. The van der Waals surface area contributed by atoms with Crippen LogP contribution < -0.4 is 0 Å². The third kappa shape index (κ3) is 1.83. The predicted molar refractivity (Wildman–Crippen MR) is 91.0 cm³/mol. The van der Waals surface area contributed by atoms with Gasteiger partial charge in [0.15, 0.2) is 0 Å². The van der Waals surface area contributed by atoms with Gasteiger partial charge in [-0.1, -0.05) is 37.5 Å². The molecule has 22 heavy (non-hydrogen) atoms. The third-order valence-electron chi connectivity index (χ3n) is 6.68. The number of nitrogens with zero attached hydrogens (tertiary/aromatic N) is 1. The van der Waals surface area contributed by atoms with Crippen LogP contribution in [0.25, 0.3) is 10.9 Å². The van der Waals surface area contributed by atoms with Crippen LogP contribution in [-0.4, -0.2) is 22.5 Å². The molecule has 0 spiro atoms. The van der Waals surface area contributed by atoms with Crippen molar-refractivity contribution < 1.29 is 0 Å². The fourth-order valence-corrected chi connectivity index (χ4v) is 5.56. The van der Waals surface area contributed by atoms with Gasteiger partial charge in [-0.3, -0.25) is 4.90 Å². The first kappa shape index (κ1) is 13.2. The van der Waals surface area contributed by atoms with Gasteiger partial charge in [-0.15, -0.1) is 0 Å². The lowest BCUT2D eigenvalue weighted by atomic mass is 9.70. The Morgan fingerprint density at radius 1 is 1.09 bits per heavy atom. The maximum atomic E-state index is 3.79. The molecule has 4 atom stereocenters. The highest BCUT2D eigenvalue weighted by Gasteiger charge is 2.43. The van der Waals surface area contributed by atoms with Crippen molar-refractivity contribution >= 4 is 10.9 Å². The zero-order chi connectivity index (χ0) is 14.7. The van der Waals surface area contributed by atoms with Gasteiger partial charge in [0, 0.05) is 29.2 Å². The van der Waals surface area contributed by atoms with Crippen LogP contribution in [0.2, 0.25) is 0 Å². The fourth-order valence-electron chi connectivity index (χ4n) is 5.56. The van der Waals surface area contributed by atoms with E-state index in [1.165, 1.54) is 56.0 Å². The van der Waals surface area contributed by atoms with E-state index in [4.69, 9.17) is 0 Å². The van der Waals surface area contributed by atoms with Crippen molar-refractivity contribution in [3.05, 3.63) is 35.5 Å². The molecular formula is C20H26N2. The summed E-state index contributed by atoms with van der Waals surface area (Å²) < 4.78 is 0. The average molecular weight is 294 g/mol. The molecule has 3 heterocycles. The number of rotatable bonds is 0. The van der Waals surface area contributed by atoms with Crippen LogP contribution in [0.1, 0.15) is 56.3 Å². The SMILES string of the molecule is C[C@@H]1Cc2c([nH]c3ccccc23)[C@H]2C[C@H]3CCCC[C@H]3CN12. The van der Waals surface area contributed by atoms with E-state index in [9.17, 15) is 0 Å². The van der Waals surface area contributed by atoms with Crippen LogP contribution in [0.15, 0.2) is 24.3 Å². The van der Waals surface area contributed by atoms with Gasteiger partial charge < -0.3 is 4.98 Å². The highest BCUT2D eigenvalue weighted by atomic mass is 15.2. The number of H-pyrrole nitrogens is 1. The smallest absolute Gasteiger partial charge is 0.0507 e. The van der Waals surface area contributed by atoms with Crippen molar-refractivity contribution in [1.82, 2.24) is 9.88 Å². The summed E-state index contributed by atoms with van der Waals surface area (Å²) in [5, 5.41) is 1.47. The lowest BCUT2D eigenvalue weighted by Crippen LogP contribution is -2.50. The van der Waals surface area contributed by atoms with Crippen molar-refractivity contribution in [2.75, 3.05) is 6.54 Å². The molecule has 0 amide bonds. The summed E-state index contributed by atoms with van der Waals surface area (Å²) in [4.78, 5) is 6.61. The first-order valence-corrected chi connectivity index (χ1v) is 9.16. The molecule has 1 saturated carbocycles. The maximum absolute atomic E-state index is 3.79. The molecule has 2 heteroatoms. The lowest BCUT2D eigenvalue weighted by molar-refractivity contribution is 0.00372. The largest absolute Gasteiger partial charge is 0.357 e. The van der Waals surface area contributed by atoms with E-state index in [1.54, 1.807) is 11.3 Å². The molecule has 2 fully saturated rings. The Hall–Kier alpha value is -1.28. The number of hydrogen-bond donors (Lipinski definition) is 1. The Morgan fingerprint density at radius 3 is 2.82 bits per heavy atom. The molecule has 0 radical (unpaired) electrons. The minimum Gasteiger partial charge on any atom is -0.357 e. The summed E-state index contributed by atoms with van der Waals surface area (Å²) in [6, 6.07) is 10.2. The molecule has 1 N–H and O–H groups in total. The second-order valence-corrected chi connectivity index (χ2v) is 7.87. The van der Waals surface area contributed by atoms with Gasteiger partial charge in [-0.2, -0.15) is 0 Å².